The molecular weight excluding hydrogens is 992 g/mol. The van der Waals surface area contributed by atoms with Gasteiger partial charge in [-0.1, -0.05) is 94.9 Å². The van der Waals surface area contributed by atoms with Crippen LogP contribution in [0.4, 0.5) is 0 Å². The van der Waals surface area contributed by atoms with Gasteiger partial charge in [-0.15, -0.1) is 0 Å². The molecule has 1 fully saturated rings. The maximum Gasteiger partial charge on any atom is 0.475 e. The zero-order valence-corrected chi connectivity index (χ0v) is 39.6. The lowest BCUT2D eigenvalue weighted by Crippen LogP contribution is -2.48. The summed E-state index contributed by atoms with van der Waals surface area (Å²) in [5.74, 6) is -3.90. The van der Waals surface area contributed by atoms with Crippen molar-refractivity contribution in [1.29, 1.82) is 0 Å². The van der Waals surface area contributed by atoms with Crippen LogP contribution in [0.1, 0.15) is 22.3 Å². The molecule has 0 radical (unpaired) electrons. The molecule has 0 spiro atoms. The van der Waals surface area contributed by atoms with Gasteiger partial charge in [0.25, 0.3) is 0 Å². The summed E-state index contributed by atoms with van der Waals surface area (Å²) in [6.45, 7) is -5.16. The minimum absolute atomic E-state index is 0.191. The average Bonchev–Trinajstić information content (AvgIpc) is 3.30. The molecule has 24 heteroatoms. The number of phosphoric ester groups is 2. The molecule has 0 aliphatic carbocycles. The van der Waals surface area contributed by atoms with Crippen molar-refractivity contribution in [3.8, 4) is 0 Å². The van der Waals surface area contributed by atoms with E-state index in [9.17, 15) is 28.3 Å². The first-order valence-electron chi connectivity index (χ1n) is 19.8. The van der Waals surface area contributed by atoms with Crippen LogP contribution in [0.25, 0.3) is 0 Å². The van der Waals surface area contributed by atoms with Crippen LogP contribution in [0.5, 0.6) is 0 Å². The highest BCUT2D eigenvalue weighted by Gasteiger charge is 2.34. The highest BCUT2D eigenvalue weighted by atomic mass is 35.5. The van der Waals surface area contributed by atoms with Crippen LogP contribution in [0.15, 0.2) is 97.1 Å². The number of hydrogen-bond acceptors (Lipinski definition) is 16. The van der Waals surface area contributed by atoms with Gasteiger partial charge in [-0.25, -0.2) is 18.7 Å². The molecule has 0 saturated carbocycles. The first-order valence-corrected chi connectivity index (χ1v) is 24.2. The highest BCUT2D eigenvalue weighted by molar-refractivity contribution is 7.48. The Morgan fingerprint density at radius 1 is 0.439 bits per heavy atom. The molecule has 0 unspecified atom stereocenters. The van der Waals surface area contributed by atoms with Gasteiger partial charge in [0.1, 0.15) is 26.4 Å². The SMILES string of the molecule is O=C1COCC(=O)N[C@H](COP(=O)(OCc2ccc(Cl)cc2)OCc2ccc(Cl)cc2)C(=O)OCCOCCOC(=O)[C@H](COP(=O)(OCc2ccc(Cl)cc2)OCc2ccc(Cl)cc2)N1. The lowest BCUT2D eigenvalue weighted by Gasteiger charge is -2.23. The number of benzene rings is 4. The quantitative estimate of drug-likeness (QED) is 0.0717. The van der Waals surface area contributed by atoms with Gasteiger partial charge in [-0.2, -0.15) is 0 Å². The summed E-state index contributed by atoms with van der Waals surface area (Å²) >= 11 is 24.0. The number of phosphoric acid groups is 2. The van der Waals surface area contributed by atoms with Gasteiger partial charge in [0.15, 0.2) is 12.1 Å². The van der Waals surface area contributed by atoms with E-state index in [0.29, 0.717) is 42.3 Å². The Hall–Kier alpha value is -3.94. The van der Waals surface area contributed by atoms with Crippen LogP contribution in [-0.2, 0) is 101 Å². The first-order chi connectivity index (χ1) is 31.7. The Morgan fingerprint density at radius 2 is 0.727 bits per heavy atom. The predicted molar refractivity (Wildman–Crippen MR) is 239 cm³/mol. The van der Waals surface area contributed by atoms with Crippen LogP contribution in [-0.4, -0.2) is 88.7 Å². The van der Waals surface area contributed by atoms with E-state index in [0.717, 1.165) is 0 Å². The number of carbonyl (C=O) groups excluding carboxylic acids is 4. The van der Waals surface area contributed by atoms with Crippen molar-refractivity contribution >= 4 is 85.8 Å². The van der Waals surface area contributed by atoms with E-state index in [1.807, 2.05) is 0 Å². The summed E-state index contributed by atoms with van der Waals surface area (Å²) in [5, 5.41) is 6.57. The zero-order valence-electron chi connectivity index (χ0n) is 34.8. The molecular formula is C42H44Cl4N2O16P2. The second-order valence-corrected chi connectivity index (χ2v) is 18.8. The molecule has 0 aromatic heterocycles. The summed E-state index contributed by atoms with van der Waals surface area (Å²) < 4.78 is 82.7. The number of carbonyl (C=O) groups is 4. The van der Waals surface area contributed by atoms with E-state index in [-0.39, 0.29) is 52.9 Å². The molecule has 2 amide bonds. The van der Waals surface area contributed by atoms with Gasteiger partial charge < -0.3 is 29.6 Å². The molecule has 356 valence electrons. The summed E-state index contributed by atoms with van der Waals surface area (Å²) in [6.07, 6.45) is 0. The molecule has 66 heavy (non-hydrogen) atoms. The van der Waals surface area contributed by atoms with Gasteiger partial charge in [-0.05, 0) is 70.8 Å². The Kier molecular flexibility index (Phi) is 21.8. The molecule has 2 N–H and O–H groups in total. The van der Waals surface area contributed by atoms with Crippen molar-refractivity contribution in [2.75, 3.05) is 52.9 Å². The van der Waals surface area contributed by atoms with Gasteiger partial charge >= 0.3 is 27.6 Å². The fourth-order valence-electron chi connectivity index (χ4n) is 5.24. The topological polar surface area (TPSA) is 219 Å². The van der Waals surface area contributed by atoms with Gasteiger partial charge in [0, 0.05) is 20.1 Å². The number of rotatable bonds is 18. The standard InChI is InChI=1S/C42H44Cl4N2O16P2/c43-33-9-1-29(2-10-33)21-59-65(53,60-22-30-3-11-34(44)12-4-30)63-25-37-41(51)57-19-17-55-18-20-58-42(52)38(48-40(50)28-56-27-39(49)47-37)26-64-66(54,61-23-31-5-13-35(45)14-6-31)62-24-32-7-15-36(46)16-8-32/h1-16,37-38H,17-28H2,(H,47,49)(H,48,50)/t37-,38+. The van der Waals surface area contributed by atoms with Crippen LogP contribution < -0.4 is 10.6 Å². The summed E-state index contributed by atoms with van der Waals surface area (Å²) in [4.78, 5) is 52.5. The zero-order chi connectivity index (χ0) is 47.4. The highest BCUT2D eigenvalue weighted by Crippen LogP contribution is 2.52. The van der Waals surface area contributed by atoms with E-state index in [2.05, 4.69) is 10.6 Å². The van der Waals surface area contributed by atoms with Crippen LogP contribution in [0.2, 0.25) is 20.1 Å². The van der Waals surface area contributed by atoms with Crippen molar-refractivity contribution in [2.24, 2.45) is 0 Å². The smallest absolute Gasteiger partial charge is 0.462 e. The Labute approximate surface area is 399 Å². The predicted octanol–water partition coefficient (Wildman–Crippen LogP) is 7.82. The van der Waals surface area contributed by atoms with Crippen LogP contribution in [0.3, 0.4) is 0 Å². The van der Waals surface area contributed by atoms with E-state index in [1.54, 1.807) is 97.1 Å². The number of cyclic esters (lactones) is 2. The molecule has 2 atom stereocenters. The Morgan fingerprint density at radius 3 is 1.02 bits per heavy atom. The molecule has 1 aliphatic rings. The Balaban J connectivity index is 1.22. The molecule has 5 rings (SSSR count). The van der Waals surface area contributed by atoms with Crippen molar-refractivity contribution < 1.29 is 74.4 Å². The molecule has 1 saturated heterocycles. The van der Waals surface area contributed by atoms with Crippen LogP contribution in [0, 0.1) is 0 Å². The van der Waals surface area contributed by atoms with E-state index in [1.165, 1.54) is 0 Å². The second kappa shape index (κ2) is 27.2. The monoisotopic (exact) mass is 1030 g/mol. The number of hydrogen-bond donors (Lipinski definition) is 2. The number of halogens is 4. The third-order valence-electron chi connectivity index (χ3n) is 8.66. The van der Waals surface area contributed by atoms with Crippen molar-refractivity contribution in [3.63, 3.8) is 0 Å². The van der Waals surface area contributed by atoms with Crippen molar-refractivity contribution in [3.05, 3.63) is 139 Å². The lowest BCUT2D eigenvalue weighted by molar-refractivity contribution is -0.153. The number of amides is 2. The molecule has 18 nitrogen and oxygen atoms in total. The normalized spacial score (nSPS) is 17.5. The summed E-state index contributed by atoms with van der Waals surface area (Å²) in [5.41, 5.74) is 2.26. The van der Waals surface area contributed by atoms with E-state index in [4.69, 9.17) is 92.5 Å². The van der Waals surface area contributed by atoms with Gasteiger partial charge in [-0.3, -0.25) is 36.7 Å². The van der Waals surface area contributed by atoms with E-state index < -0.39 is 77.9 Å². The average molecular weight is 1040 g/mol. The fourth-order valence-corrected chi connectivity index (χ4v) is 8.09. The van der Waals surface area contributed by atoms with Crippen molar-refractivity contribution in [2.45, 2.75) is 38.5 Å². The number of esters is 2. The van der Waals surface area contributed by atoms with Crippen LogP contribution >= 0.6 is 62.0 Å². The van der Waals surface area contributed by atoms with Gasteiger partial charge in [0.2, 0.25) is 11.8 Å². The molecule has 4 aromatic carbocycles. The maximum absolute atomic E-state index is 14.0. The van der Waals surface area contributed by atoms with Crippen molar-refractivity contribution in [1.82, 2.24) is 10.6 Å². The maximum atomic E-state index is 14.0. The van der Waals surface area contributed by atoms with Gasteiger partial charge in [0.05, 0.1) is 52.9 Å². The summed E-state index contributed by atoms with van der Waals surface area (Å²) in [7, 11) is -8.96. The minimum Gasteiger partial charge on any atom is -0.462 e. The Bertz CT molecular complexity index is 2030. The minimum atomic E-state index is -4.48. The molecule has 1 aliphatic heterocycles. The first kappa shape index (κ1) is 53.0. The number of ether oxygens (including phenoxy) is 4. The molecule has 4 aromatic rings. The third kappa shape index (κ3) is 19.3. The van der Waals surface area contributed by atoms with E-state index >= 15 is 0 Å². The largest absolute Gasteiger partial charge is 0.475 e. The second-order valence-electron chi connectivity index (χ2n) is 13.8. The molecule has 0 bridgehead atoms. The fraction of sp³-hybridized carbons (Fsp3) is 0.333. The number of nitrogens with one attached hydrogen (secondary N) is 2. The lowest BCUT2D eigenvalue weighted by atomic mass is 10.2. The third-order valence-corrected chi connectivity index (χ3v) is 12.4. The molecule has 1 heterocycles. The summed E-state index contributed by atoms with van der Waals surface area (Å²) in [6, 6.07) is 22.7.